The first-order valence-electron chi connectivity index (χ1n) is 11.5. The summed E-state index contributed by atoms with van der Waals surface area (Å²) in [6, 6.07) is 18.9. The van der Waals surface area contributed by atoms with E-state index < -0.39 is 11.5 Å². The molecule has 164 valence electrons. The molecule has 5 nitrogen and oxygen atoms in total. The standard InChI is InChI=1S/C26H32N2O3/c29-24-19-28(18-23(24)27-13-10-21-8-4-5-9-22(21)17-27)25(30)26(11-14-31-15-12-26)16-20-6-2-1-3-7-20/h1-9,23-24,29H,10-19H2/t23-,24-/m0/s1. The fourth-order valence-electron chi connectivity index (χ4n) is 5.65. The molecule has 2 saturated heterocycles. The molecule has 0 aromatic heterocycles. The average Bonchev–Trinajstić information content (AvgIpc) is 3.21. The normalized spacial score (nSPS) is 25.9. The number of aliphatic hydroxyl groups is 1. The van der Waals surface area contributed by atoms with E-state index in [-0.39, 0.29) is 11.9 Å². The van der Waals surface area contributed by atoms with Crippen LogP contribution in [0.1, 0.15) is 29.5 Å². The molecule has 0 saturated carbocycles. The number of hydrogen-bond donors (Lipinski definition) is 1. The van der Waals surface area contributed by atoms with Crippen LogP contribution in [0.25, 0.3) is 0 Å². The Morgan fingerprint density at radius 1 is 1.00 bits per heavy atom. The molecular weight excluding hydrogens is 388 g/mol. The molecule has 0 bridgehead atoms. The highest BCUT2D eigenvalue weighted by molar-refractivity contribution is 5.83. The van der Waals surface area contributed by atoms with Gasteiger partial charge in [0, 0.05) is 39.4 Å². The minimum atomic E-state index is -0.497. The van der Waals surface area contributed by atoms with Crippen molar-refractivity contribution in [3.8, 4) is 0 Å². The van der Waals surface area contributed by atoms with E-state index in [1.54, 1.807) is 0 Å². The number of likely N-dealkylation sites (tertiary alicyclic amines) is 1. The van der Waals surface area contributed by atoms with Crippen molar-refractivity contribution in [1.29, 1.82) is 0 Å². The highest BCUT2D eigenvalue weighted by atomic mass is 16.5. The molecular formula is C26H32N2O3. The van der Waals surface area contributed by atoms with Gasteiger partial charge in [-0.3, -0.25) is 9.69 Å². The van der Waals surface area contributed by atoms with Gasteiger partial charge in [0.1, 0.15) is 0 Å². The van der Waals surface area contributed by atoms with Crippen LogP contribution in [0.2, 0.25) is 0 Å². The zero-order valence-electron chi connectivity index (χ0n) is 18.1. The van der Waals surface area contributed by atoms with Gasteiger partial charge < -0.3 is 14.7 Å². The second-order valence-corrected chi connectivity index (χ2v) is 9.39. The molecule has 5 heteroatoms. The Balaban J connectivity index is 1.32. The molecule has 2 aromatic carbocycles. The summed E-state index contributed by atoms with van der Waals surface area (Å²) in [7, 11) is 0. The lowest BCUT2D eigenvalue weighted by atomic mass is 9.74. The lowest BCUT2D eigenvalue weighted by Gasteiger charge is -2.39. The van der Waals surface area contributed by atoms with Gasteiger partial charge >= 0.3 is 0 Å². The highest BCUT2D eigenvalue weighted by Crippen LogP contribution is 2.38. The maximum atomic E-state index is 13.8. The van der Waals surface area contributed by atoms with Gasteiger partial charge in [0.15, 0.2) is 0 Å². The molecule has 1 amide bonds. The van der Waals surface area contributed by atoms with E-state index in [1.807, 2.05) is 23.1 Å². The van der Waals surface area contributed by atoms with Crippen LogP contribution in [0.5, 0.6) is 0 Å². The molecule has 31 heavy (non-hydrogen) atoms. The number of carbonyl (C=O) groups is 1. The van der Waals surface area contributed by atoms with Crippen LogP contribution < -0.4 is 0 Å². The molecule has 2 fully saturated rings. The van der Waals surface area contributed by atoms with Crippen molar-refractivity contribution in [2.24, 2.45) is 5.41 Å². The van der Waals surface area contributed by atoms with Crippen molar-refractivity contribution < 1.29 is 14.6 Å². The quantitative estimate of drug-likeness (QED) is 0.826. The predicted molar refractivity (Wildman–Crippen MR) is 120 cm³/mol. The molecule has 0 spiro atoms. The Bertz CT molecular complexity index is 910. The van der Waals surface area contributed by atoms with Crippen molar-refractivity contribution in [2.75, 3.05) is 32.8 Å². The summed E-state index contributed by atoms with van der Waals surface area (Å²) in [5.74, 6) is 0.193. The maximum Gasteiger partial charge on any atom is 0.229 e. The molecule has 0 radical (unpaired) electrons. The van der Waals surface area contributed by atoms with E-state index in [0.29, 0.717) is 26.3 Å². The number of benzene rings is 2. The fourth-order valence-corrected chi connectivity index (χ4v) is 5.65. The number of β-amino-alcohol motifs (C(OH)–C–C–N with tert-alkyl or cyclic N) is 1. The van der Waals surface area contributed by atoms with E-state index in [9.17, 15) is 9.90 Å². The number of ether oxygens (including phenoxy) is 1. The van der Waals surface area contributed by atoms with Crippen molar-refractivity contribution >= 4 is 5.91 Å². The summed E-state index contributed by atoms with van der Waals surface area (Å²) in [4.78, 5) is 18.1. The van der Waals surface area contributed by atoms with E-state index in [1.165, 1.54) is 16.7 Å². The van der Waals surface area contributed by atoms with Gasteiger partial charge in [-0.1, -0.05) is 54.6 Å². The Labute approximate surface area is 184 Å². The summed E-state index contributed by atoms with van der Waals surface area (Å²) in [6.07, 6.45) is 2.74. The van der Waals surface area contributed by atoms with Gasteiger partial charge in [-0.2, -0.15) is 0 Å². The first-order valence-corrected chi connectivity index (χ1v) is 11.5. The van der Waals surface area contributed by atoms with E-state index in [4.69, 9.17) is 4.74 Å². The number of nitrogens with zero attached hydrogens (tertiary/aromatic N) is 2. The Morgan fingerprint density at radius 2 is 1.71 bits per heavy atom. The summed E-state index contributed by atoms with van der Waals surface area (Å²) < 4.78 is 5.62. The third-order valence-corrected chi connectivity index (χ3v) is 7.46. The van der Waals surface area contributed by atoms with Crippen LogP contribution >= 0.6 is 0 Å². The third-order valence-electron chi connectivity index (χ3n) is 7.46. The Hall–Kier alpha value is -2.21. The molecule has 2 aromatic rings. The number of amides is 1. The van der Waals surface area contributed by atoms with E-state index >= 15 is 0 Å². The SMILES string of the molecule is O=C(N1C[C@H](O)[C@@H](N2CCc3ccccc3C2)C1)C1(Cc2ccccc2)CCOCC1. The van der Waals surface area contributed by atoms with Crippen molar-refractivity contribution in [2.45, 2.75) is 44.4 Å². The van der Waals surface area contributed by atoms with Gasteiger partial charge in [-0.15, -0.1) is 0 Å². The number of fused-ring (bicyclic) bond motifs is 1. The third kappa shape index (κ3) is 4.14. The van der Waals surface area contributed by atoms with Gasteiger partial charge in [0.05, 0.1) is 17.6 Å². The summed E-state index contributed by atoms with van der Waals surface area (Å²) in [6.45, 7) is 4.08. The van der Waals surface area contributed by atoms with Crippen molar-refractivity contribution in [1.82, 2.24) is 9.80 Å². The van der Waals surface area contributed by atoms with Crippen molar-refractivity contribution in [3.05, 3.63) is 71.3 Å². The minimum Gasteiger partial charge on any atom is -0.390 e. The van der Waals surface area contributed by atoms with Gasteiger partial charge in [0.25, 0.3) is 0 Å². The zero-order chi connectivity index (χ0) is 21.3. The topological polar surface area (TPSA) is 53.0 Å². The number of aliphatic hydroxyl groups excluding tert-OH is 1. The average molecular weight is 421 g/mol. The monoisotopic (exact) mass is 420 g/mol. The largest absolute Gasteiger partial charge is 0.390 e. The number of rotatable bonds is 4. The lowest BCUT2D eigenvalue weighted by Crippen LogP contribution is -2.49. The molecule has 0 aliphatic carbocycles. The van der Waals surface area contributed by atoms with Crippen LogP contribution in [0.15, 0.2) is 54.6 Å². The summed E-state index contributed by atoms with van der Waals surface area (Å²) in [5.41, 5.74) is 3.52. The molecule has 5 rings (SSSR count). The smallest absolute Gasteiger partial charge is 0.229 e. The molecule has 3 heterocycles. The van der Waals surface area contributed by atoms with Gasteiger partial charge in [0.2, 0.25) is 5.91 Å². The zero-order valence-corrected chi connectivity index (χ0v) is 18.1. The predicted octanol–water partition coefficient (Wildman–Crippen LogP) is 2.66. The van der Waals surface area contributed by atoms with Crippen LogP contribution in [-0.4, -0.2) is 65.8 Å². The summed E-state index contributed by atoms with van der Waals surface area (Å²) >= 11 is 0. The van der Waals surface area contributed by atoms with E-state index in [0.717, 1.165) is 38.8 Å². The first-order chi connectivity index (χ1) is 15.1. The molecule has 1 N–H and O–H groups in total. The van der Waals surface area contributed by atoms with Gasteiger partial charge in [-0.05, 0) is 42.4 Å². The number of carbonyl (C=O) groups excluding carboxylic acids is 1. The molecule has 3 aliphatic heterocycles. The number of hydrogen-bond acceptors (Lipinski definition) is 4. The van der Waals surface area contributed by atoms with Crippen molar-refractivity contribution in [3.63, 3.8) is 0 Å². The van der Waals surface area contributed by atoms with Crippen LogP contribution in [0.4, 0.5) is 0 Å². The summed E-state index contributed by atoms with van der Waals surface area (Å²) in [5, 5.41) is 10.9. The van der Waals surface area contributed by atoms with Crippen LogP contribution in [0, 0.1) is 5.41 Å². The molecule has 3 aliphatic rings. The molecule has 2 atom stereocenters. The second kappa shape index (κ2) is 8.73. The molecule has 0 unspecified atom stereocenters. The van der Waals surface area contributed by atoms with Crippen LogP contribution in [-0.2, 0) is 28.9 Å². The van der Waals surface area contributed by atoms with E-state index in [2.05, 4.69) is 41.3 Å². The fraction of sp³-hybridized carbons (Fsp3) is 0.500. The Morgan fingerprint density at radius 3 is 2.48 bits per heavy atom. The lowest BCUT2D eigenvalue weighted by molar-refractivity contribution is -0.147. The second-order valence-electron chi connectivity index (χ2n) is 9.39. The highest BCUT2D eigenvalue weighted by Gasteiger charge is 2.47. The first kappa shape index (κ1) is 20.7. The van der Waals surface area contributed by atoms with Crippen LogP contribution in [0.3, 0.4) is 0 Å². The Kier molecular flexibility index (Phi) is 5.83. The minimum absolute atomic E-state index is 0.00548. The maximum absolute atomic E-state index is 13.8. The van der Waals surface area contributed by atoms with Gasteiger partial charge in [-0.25, -0.2) is 0 Å².